The van der Waals surface area contributed by atoms with Gasteiger partial charge in [-0.2, -0.15) is 0 Å². The van der Waals surface area contributed by atoms with Crippen LogP contribution in [0.15, 0.2) is 54.1 Å². The molecule has 2 heterocycles. The molecule has 2 aromatic rings. The molecule has 0 saturated carbocycles. The number of aliphatic hydroxyl groups excluding tert-OH is 1. The standard InChI is InChI=1S/C28H33NO6/c1-3-4-7-16-34-20-14-12-19(13-15-20)26(30)24-25(22-10-5-6-11-23(22)33-2)29(28(32)27(24)31)18-21-9-8-17-35-21/h5-6,10-15,21,25,30H,3-4,7-9,16-18H2,1-2H3/b26-24-. The topological polar surface area (TPSA) is 85.3 Å². The molecule has 0 aromatic heterocycles. The number of likely N-dealkylation sites (tertiary alicyclic amines) is 1. The maximum Gasteiger partial charge on any atom is 0.295 e. The van der Waals surface area contributed by atoms with Crippen LogP contribution in [0, 0.1) is 0 Å². The quantitative estimate of drug-likeness (QED) is 0.227. The van der Waals surface area contributed by atoms with Crippen LogP contribution in [0.5, 0.6) is 11.5 Å². The van der Waals surface area contributed by atoms with E-state index in [1.807, 2.05) is 18.2 Å². The SMILES string of the molecule is CCCCCOc1ccc(/C(O)=C2/C(=O)C(=O)N(CC3CCCO3)C2c2ccccc2OC)cc1. The highest BCUT2D eigenvalue weighted by Gasteiger charge is 2.47. The van der Waals surface area contributed by atoms with Crippen LogP contribution >= 0.6 is 0 Å². The molecule has 2 fully saturated rings. The highest BCUT2D eigenvalue weighted by atomic mass is 16.5. The molecule has 4 rings (SSSR count). The van der Waals surface area contributed by atoms with Crippen molar-refractivity contribution in [2.75, 3.05) is 26.9 Å². The van der Waals surface area contributed by atoms with E-state index in [0.29, 0.717) is 35.8 Å². The van der Waals surface area contributed by atoms with Gasteiger partial charge in [0, 0.05) is 24.3 Å². The molecule has 0 radical (unpaired) electrons. The number of ketones is 1. The summed E-state index contributed by atoms with van der Waals surface area (Å²) in [5.41, 5.74) is 1.14. The van der Waals surface area contributed by atoms with Gasteiger partial charge in [0.1, 0.15) is 17.3 Å². The van der Waals surface area contributed by atoms with Gasteiger partial charge in [0.15, 0.2) is 0 Å². The molecule has 35 heavy (non-hydrogen) atoms. The number of para-hydroxylation sites is 1. The second kappa shape index (κ2) is 11.4. The van der Waals surface area contributed by atoms with Crippen LogP contribution in [0.2, 0.25) is 0 Å². The highest BCUT2D eigenvalue weighted by molar-refractivity contribution is 6.46. The maximum atomic E-state index is 13.2. The average molecular weight is 480 g/mol. The first kappa shape index (κ1) is 24.8. The van der Waals surface area contributed by atoms with Crippen molar-refractivity contribution < 1.29 is 28.9 Å². The van der Waals surface area contributed by atoms with Gasteiger partial charge in [-0.25, -0.2) is 0 Å². The molecule has 0 aliphatic carbocycles. The van der Waals surface area contributed by atoms with E-state index in [-0.39, 0.29) is 24.0 Å². The third-order valence-corrected chi connectivity index (χ3v) is 6.54. The fraction of sp³-hybridized carbons (Fsp3) is 0.429. The van der Waals surface area contributed by atoms with Crippen molar-refractivity contribution in [3.05, 3.63) is 65.2 Å². The van der Waals surface area contributed by atoms with E-state index < -0.39 is 17.7 Å². The van der Waals surface area contributed by atoms with Gasteiger partial charge in [0.2, 0.25) is 0 Å². The lowest BCUT2D eigenvalue weighted by molar-refractivity contribution is -0.140. The van der Waals surface area contributed by atoms with Crippen molar-refractivity contribution in [1.82, 2.24) is 4.90 Å². The number of rotatable bonds is 10. The van der Waals surface area contributed by atoms with Crippen LogP contribution < -0.4 is 9.47 Å². The van der Waals surface area contributed by atoms with E-state index >= 15 is 0 Å². The lowest BCUT2D eigenvalue weighted by Crippen LogP contribution is -2.36. The van der Waals surface area contributed by atoms with E-state index in [2.05, 4.69) is 6.92 Å². The molecule has 2 atom stereocenters. The minimum Gasteiger partial charge on any atom is -0.507 e. The van der Waals surface area contributed by atoms with E-state index in [1.54, 1.807) is 37.4 Å². The van der Waals surface area contributed by atoms with Crippen molar-refractivity contribution in [3.8, 4) is 11.5 Å². The zero-order chi connectivity index (χ0) is 24.8. The zero-order valence-corrected chi connectivity index (χ0v) is 20.4. The fourth-order valence-corrected chi connectivity index (χ4v) is 4.70. The summed E-state index contributed by atoms with van der Waals surface area (Å²) in [6.45, 7) is 3.68. The molecule has 2 aliphatic rings. The van der Waals surface area contributed by atoms with Crippen molar-refractivity contribution in [1.29, 1.82) is 0 Å². The number of amides is 1. The Balaban J connectivity index is 1.70. The molecule has 0 spiro atoms. The number of carbonyl (C=O) groups is 2. The minimum absolute atomic E-state index is 0.0501. The van der Waals surface area contributed by atoms with Gasteiger partial charge in [-0.3, -0.25) is 9.59 Å². The first-order valence-corrected chi connectivity index (χ1v) is 12.3. The number of carbonyl (C=O) groups excluding carboxylic acids is 2. The molecular formula is C28H33NO6. The summed E-state index contributed by atoms with van der Waals surface area (Å²) in [7, 11) is 1.55. The summed E-state index contributed by atoms with van der Waals surface area (Å²) in [5.74, 6) is -0.340. The van der Waals surface area contributed by atoms with Crippen molar-refractivity contribution >= 4 is 17.4 Å². The number of hydrogen-bond acceptors (Lipinski definition) is 6. The van der Waals surface area contributed by atoms with Gasteiger partial charge in [-0.15, -0.1) is 0 Å². The Morgan fingerprint density at radius 1 is 1.11 bits per heavy atom. The number of methoxy groups -OCH3 is 1. The molecule has 2 unspecified atom stereocenters. The van der Waals surface area contributed by atoms with Crippen LogP contribution in [-0.4, -0.2) is 54.7 Å². The van der Waals surface area contributed by atoms with Gasteiger partial charge >= 0.3 is 0 Å². The van der Waals surface area contributed by atoms with Gasteiger partial charge in [0.05, 0.1) is 31.4 Å². The normalized spacial score (nSPS) is 21.5. The molecule has 0 bridgehead atoms. The lowest BCUT2D eigenvalue weighted by Gasteiger charge is -2.28. The summed E-state index contributed by atoms with van der Waals surface area (Å²) < 4.78 is 17.1. The largest absolute Gasteiger partial charge is 0.507 e. The van der Waals surface area contributed by atoms with E-state index in [9.17, 15) is 14.7 Å². The third-order valence-electron chi connectivity index (χ3n) is 6.54. The summed E-state index contributed by atoms with van der Waals surface area (Å²) in [5, 5.41) is 11.3. The monoisotopic (exact) mass is 479 g/mol. The second-order valence-electron chi connectivity index (χ2n) is 8.91. The van der Waals surface area contributed by atoms with Crippen molar-refractivity contribution in [2.24, 2.45) is 0 Å². The fourth-order valence-electron chi connectivity index (χ4n) is 4.70. The van der Waals surface area contributed by atoms with Crippen molar-refractivity contribution in [2.45, 2.75) is 51.2 Å². The molecule has 186 valence electrons. The summed E-state index contributed by atoms with van der Waals surface area (Å²) >= 11 is 0. The molecule has 1 N–H and O–H groups in total. The van der Waals surface area contributed by atoms with E-state index in [1.165, 1.54) is 4.90 Å². The summed E-state index contributed by atoms with van der Waals surface area (Å²) in [4.78, 5) is 27.9. The lowest BCUT2D eigenvalue weighted by atomic mass is 9.94. The second-order valence-corrected chi connectivity index (χ2v) is 8.91. The Kier molecular flexibility index (Phi) is 8.08. The Morgan fingerprint density at radius 3 is 2.57 bits per heavy atom. The number of ether oxygens (including phenoxy) is 3. The smallest absolute Gasteiger partial charge is 0.295 e. The predicted molar refractivity (Wildman–Crippen MR) is 132 cm³/mol. The van der Waals surface area contributed by atoms with Crippen LogP contribution in [0.25, 0.3) is 5.76 Å². The van der Waals surface area contributed by atoms with Crippen LogP contribution in [0.3, 0.4) is 0 Å². The Bertz CT molecular complexity index is 1070. The van der Waals surface area contributed by atoms with Crippen molar-refractivity contribution in [3.63, 3.8) is 0 Å². The van der Waals surface area contributed by atoms with Gasteiger partial charge in [0.25, 0.3) is 11.7 Å². The average Bonchev–Trinajstić information content (AvgIpc) is 3.49. The third kappa shape index (κ3) is 5.35. The zero-order valence-electron chi connectivity index (χ0n) is 20.4. The number of Topliss-reactive ketones (excluding diaryl/α,β-unsaturated/α-hetero) is 1. The molecule has 2 aliphatic heterocycles. The molecule has 1 amide bonds. The minimum atomic E-state index is -0.777. The number of hydrogen-bond donors (Lipinski definition) is 1. The summed E-state index contributed by atoms with van der Waals surface area (Å²) in [6, 6.07) is 13.4. The molecule has 2 aromatic carbocycles. The van der Waals surface area contributed by atoms with Gasteiger partial charge in [-0.05, 0) is 49.6 Å². The number of aliphatic hydroxyl groups is 1. The Labute approximate surface area is 206 Å². The van der Waals surface area contributed by atoms with Crippen LogP contribution in [0.4, 0.5) is 0 Å². The van der Waals surface area contributed by atoms with Gasteiger partial charge in [-0.1, -0.05) is 38.0 Å². The molecule has 7 heteroatoms. The molecular weight excluding hydrogens is 446 g/mol. The predicted octanol–water partition coefficient (Wildman–Crippen LogP) is 4.86. The first-order chi connectivity index (χ1) is 17.0. The maximum absolute atomic E-state index is 13.2. The van der Waals surface area contributed by atoms with Crippen LogP contribution in [-0.2, 0) is 14.3 Å². The first-order valence-electron chi connectivity index (χ1n) is 12.3. The highest BCUT2D eigenvalue weighted by Crippen LogP contribution is 2.43. The molecule has 2 saturated heterocycles. The van der Waals surface area contributed by atoms with Gasteiger partial charge < -0.3 is 24.2 Å². The number of nitrogens with zero attached hydrogens (tertiary/aromatic N) is 1. The Hall–Kier alpha value is -3.32. The number of benzene rings is 2. The molecule has 7 nitrogen and oxygen atoms in total. The number of unbranched alkanes of at least 4 members (excludes halogenated alkanes) is 2. The van der Waals surface area contributed by atoms with Crippen LogP contribution in [0.1, 0.15) is 56.2 Å². The Morgan fingerprint density at radius 2 is 1.89 bits per heavy atom. The van der Waals surface area contributed by atoms with E-state index in [4.69, 9.17) is 14.2 Å². The van der Waals surface area contributed by atoms with E-state index in [0.717, 1.165) is 32.1 Å². The summed E-state index contributed by atoms with van der Waals surface area (Å²) in [6.07, 6.45) is 4.80.